The van der Waals surface area contributed by atoms with Crippen LogP contribution in [0.3, 0.4) is 0 Å². The van der Waals surface area contributed by atoms with Gasteiger partial charge in [0.05, 0.1) is 16.5 Å². The molecule has 0 saturated heterocycles. The molecule has 0 bridgehead atoms. The summed E-state index contributed by atoms with van der Waals surface area (Å²) in [6.45, 7) is 5.38. The summed E-state index contributed by atoms with van der Waals surface area (Å²) in [4.78, 5) is 27.0. The van der Waals surface area contributed by atoms with Gasteiger partial charge in [-0.05, 0) is 50.6 Å². The summed E-state index contributed by atoms with van der Waals surface area (Å²) >= 11 is 18.1. The molecule has 0 aromatic heterocycles. The number of amides is 2. The molecule has 2 amide bonds. The number of carbonyl (C=O) groups is 2. The SMILES string of the molecule is CC(C)NC(=O)[C@@H](C)N(Cc1ccc(Cl)c(Cl)c1)C(=O)Cc1c(F)cccc1Cl. The summed E-state index contributed by atoms with van der Waals surface area (Å²) in [6, 6.07) is 8.33. The number of carbonyl (C=O) groups excluding carboxylic acids is 2. The molecule has 4 nitrogen and oxygen atoms in total. The first-order chi connectivity index (χ1) is 13.6. The van der Waals surface area contributed by atoms with Gasteiger partial charge in [0.15, 0.2) is 0 Å². The summed E-state index contributed by atoms with van der Waals surface area (Å²) in [7, 11) is 0. The largest absolute Gasteiger partial charge is 0.352 e. The molecule has 8 heteroatoms. The van der Waals surface area contributed by atoms with Gasteiger partial charge >= 0.3 is 0 Å². The topological polar surface area (TPSA) is 49.4 Å². The van der Waals surface area contributed by atoms with Crippen LogP contribution < -0.4 is 5.32 Å². The summed E-state index contributed by atoms with van der Waals surface area (Å²) in [5.74, 6) is -1.32. The number of hydrogen-bond donors (Lipinski definition) is 1. The Kier molecular flexibility index (Phi) is 8.32. The Morgan fingerprint density at radius 3 is 2.31 bits per heavy atom. The number of nitrogens with zero attached hydrogens (tertiary/aromatic N) is 1. The molecule has 156 valence electrons. The van der Waals surface area contributed by atoms with Crippen molar-refractivity contribution in [2.75, 3.05) is 0 Å². The van der Waals surface area contributed by atoms with Gasteiger partial charge in [-0.2, -0.15) is 0 Å². The highest BCUT2D eigenvalue weighted by Gasteiger charge is 2.27. The zero-order valence-electron chi connectivity index (χ0n) is 16.3. The number of rotatable bonds is 7. The van der Waals surface area contributed by atoms with Crippen molar-refractivity contribution in [3.8, 4) is 0 Å². The van der Waals surface area contributed by atoms with Crippen LogP contribution in [0.5, 0.6) is 0 Å². The van der Waals surface area contributed by atoms with Crippen LogP contribution in [0.2, 0.25) is 15.1 Å². The van der Waals surface area contributed by atoms with Crippen LogP contribution in [0.15, 0.2) is 36.4 Å². The molecule has 2 aromatic rings. The van der Waals surface area contributed by atoms with Crippen LogP contribution in [0.1, 0.15) is 31.9 Å². The Hall–Kier alpha value is -1.82. The van der Waals surface area contributed by atoms with E-state index >= 15 is 0 Å². The van der Waals surface area contributed by atoms with Gasteiger partial charge in [0.2, 0.25) is 11.8 Å². The van der Waals surface area contributed by atoms with Gasteiger partial charge in [0.1, 0.15) is 11.9 Å². The van der Waals surface area contributed by atoms with Crippen LogP contribution in [0, 0.1) is 5.82 Å². The summed E-state index contributed by atoms with van der Waals surface area (Å²) in [5, 5.41) is 3.68. The number of benzene rings is 2. The van der Waals surface area contributed by atoms with Gasteiger partial charge in [-0.1, -0.05) is 46.9 Å². The molecular weight excluding hydrogens is 438 g/mol. The van der Waals surface area contributed by atoms with Crippen molar-refractivity contribution < 1.29 is 14.0 Å². The van der Waals surface area contributed by atoms with E-state index in [2.05, 4.69) is 5.32 Å². The molecule has 0 heterocycles. The molecule has 1 atom stereocenters. The van der Waals surface area contributed by atoms with E-state index in [-0.39, 0.29) is 35.5 Å². The molecule has 1 N–H and O–H groups in total. The van der Waals surface area contributed by atoms with Crippen molar-refractivity contribution in [3.05, 3.63) is 68.4 Å². The Labute approximate surface area is 184 Å². The standard InChI is InChI=1S/C21H22Cl3FN2O2/c1-12(2)26-21(29)13(3)27(11-14-7-8-17(23)18(24)9-14)20(28)10-15-16(22)5-4-6-19(15)25/h4-9,12-13H,10-11H2,1-3H3,(H,26,29)/t13-/m1/s1. The minimum Gasteiger partial charge on any atom is -0.352 e. The average molecular weight is 460 g/mol. The molecular formula is C21H22Cl3FN2O2. The highest BCUT2D eigenvalue weighted by Crippen LogP contribution is 2.25. The zero-order valence-corrected chi connectivity index (χ0v) is 18.6. The van der Waals surface area contributed by atoms with E-state index in [1.165, 1.54) is 23.1 Å². The molecule has 0 aliphatic carbocycles. The third kappa shape index (κ3) is 6.33. The van der Waals surface area contributed by atoms with Crippen LogP contribution in [-0.4, -0.2) is 28.8 Å². The number of hydrogen-bond acceptors (Lipinski definition) is 2. The van der Waals surface area contributed by atoms with Gasteiger partial charge < -0.3 is 10.2 Å². The average Bonchev–Trinajstić information content (AvgIpc) is 2.64. The molecule has 0 unspecified atom stereocenters. The van der Waals surface area contributed by atoms with Crippen molar-refractivity contribution in [1.82, 2.24) is 10.2 Å². The Morgan fingerprint density at radius 2 is 1.72 bits per heavy atom. The second-order valence-electron chi connectivity index (χ2n) is 6.99. The van der Waals surface area contributed by atoms with E-state index in [1.807, 2.05) is 13.8 Å². The van der Waals surface area contributed by atoms with E-state index in [4.69, 9.17) is 34.8 Å². The lowest BCUT2D eigenvalue weighted by Gasteiger charge is -2.29. The predicted octanol–water partition coefficient (Wildman–Crippen LogP) is 5.27. The summed E-state index contributed by atoms with van der Waals surface area (Å²) < 4.78 is 14.2. The molecule has 2 rings (SSSR count). The first-order valence-corrected chi connectivity index (χ1v) is 10.2. The quantitative estimate of drug-likeness (QED) is 0.613. The predicted molar refractivity (Wildman–Crippen MR) is 115 cm³/mol. The van der Waals surface area contributed by atoms with Crippen molar-refractivity contribution >= 4 is 46.6 Å². The number of halogens is 4. The maximum atomic E-state index is 14.2. The fourth-order valence-corrected chi connectivity index (χ4v) is 3.33. The molecule has 29 heavy (non-hydrogen) atoms. The normalized spacial score (nSPS) is 12.0. The van der Waals surface area contributed by atoms with E-state index in [0.717, 1.165) is 0 Å². The molecule has 0 spiro atoms. The lowest BCUT2D eigenvalue weighted by molar-refractivity contribution is -0.140. The van der Waals surface area contributed by atoms with Gasteiger partial charge in [0, 0.05) is 23.2 Å². The Balaban J connectivity index is 2.33. The molecule has 0 saturated carbocycles. The van der Waals surface area contributed by atoms with Gasteiger partial charge in [0.25, 0.3) is 0 Å². The Morgan fingerprint density at radius 1 is 1.03 bits per heavy atom. The lowest BCUT2D eigenvalue weighted by atomic mass is 10.1. The van der Waals surface area contributed by atoms with Gasteiger partial charge in [-0.3, -0.25) is 9.59 Å². The minimum absolute atomic E-state index is 0.0899. The lowest BCUT2D eigenvalue weighted by Crippen LogP contribution is -2.49. The molecule has 0 radical (unpaired) electrons. The van der Waals surface area contributed by atoms with E-state index in [9.17, 15) is 14.0 Å². The van der Waals surface area contributed by atoms with Crippen LogP contribution in [-0.2, 0) is 22.6 Å². The highest BCUT2D eigenvalue weighted by molar-refractivity contribution is 6.42. The van der Waals surface area contributed by atoms with Gasteiger partial charge in [-0.15, -0.1) is 0 Å². The molecule has 0 fully saturated rings. The van der Waals surface area contributed by atoms with Crippen molar-refractivity contribution in [2.45, 2.75) is 45.8 Å². The van der Waals surface area contributed by atoms with E-state index in [0.29, 0.717) is 15.6 Å². The van der Waals surface area contributed by atoms with Crippen LogP contribution >= 0.6 is 34.8 Å². The molecule has 0 aliphatic rings. The van der Waals surface area contributed by atoms with Crippen molar-refractivity contribution in [1.29, 1.82) is 0 Å². The van der Waals surface area contributed by atoms with E-state index in [1.54, 1.807) is 25.1 Å². The van der Waals surface area contributed by atoms with E-state index < -0.39 is 17.8 Å². The third-order valence-electron chi connectivity index (χ3n) is 4.32. The monoisotopic (exact) mass is 458 g/mol. The van der Waals surface area contributed by atoms with Gasteiger partial charge in [-0.25, -0.2) is 4.39 Å². The fraction of sp³-hybridized carbons (Fsp3) is 0.333. The second-order valence-corrected chi connectivity index (χ2v) is 8.21. The summed E-state index contributed by atoms with van der Waals surface area (Å²) in [5.41, 5.74) is 0.784. The fourth-order valence-electron chi connectivity index (χ4n) is 2.78. The second kappa shape index (κ2) is 10.3. The Bertz CT molecular complexity index is 885. The number of nitrogens with one attached hydrogen (secondary N) is 1. The first kappa shape index (κ1) is 23.5. The van der Waals surface area contributed by atoms with Crippen molar-refractivity contribution in [2.24, 2.45) is 0 Å². The third-order valence-corrected chi connectivity index (χ3v) is 5.42. The van der Waals surface area contributed by atoms with Crippen molar-refractivity contribution in [3.63, 3.8) is 0 Å². The van der Waals surface area contributed by atoms with Crippen LogP contribution in [0.25, 0.3) is 0 Å². The zero-order chi connectivity index (χ0) is 21.7. The summed E-state index contributed by atoms with van der Waals surface area (Å²) in [6.07, 6.45) is -0.272. The molecule has 2 aromatic carbocycles. The smallest absolute Gasteiger partial charge is 0.242 e. The highest BCUT2D eigenvalue weighted by atomic mass is 35.5. The maximum Gasteiger partial charge on any atom is 0.242 e. The minimum atomic E-state index is -0.787. The molecule has 0 aliphatic heterocycles. The maximum absolute atomic E-state index is 14.2. The first-order valence-electron chi connectivity index (χ1n) is 9.06. The van der Waals surface area contributed by atoms with Crippen LogP contribution in [0.4, 0.5) is 4.39 Å².